The van der Waals surface area contributed by atoms with Gasteiger partial charge in [-0.15, -0.1) is 0 Å². The van der Waals surface area contributed by atoms with Crippen LogP contribution in [0.15, 0.2) is 42.5 Å². The number of rotatable bonds is 5. The van der Waals surface area contributed by atoms with Gasteiger partial charge in [0.15, 0.2) is 0 Å². The van der Waals surface area contributed by atoms with Gasteiger partial charge < -0.3 is 15.1 Å². The third-order valence-corrected chi connectivity index (χ3v) is 5.27. The Balaban J connectivity index is 1.69. The number of hydrogen-bond acceptors (Lipinski definition) is 6. The summed E-state index contributed by atoms with van der Waals surface area (Å²) in [5.41, 5.74) is 3.42. The molecule has 3 rings (SSSR count). The zero-order valence-corrected chi connectivity index (χ0v) is 17.4. The van der Waals surface area contributed by atoms with Crippen molar-refractivity contribution in [3.8, 4) is 0 Å². The average Bonchev–Trinajstić information content (AvgIpc) is 2.78. The number of benzene rings is 2. The molecule has 1 fully saturated rings. The number of nitrogens with zero attached hydrogens (tertiary/aromatic N) is 3. The van der Waals surface area contributed by atoms with Crippen molar-refractivity contribution < 1.29 is 19.7 Å². The Kier molecular flexibility index (Phi) is 6.71. The molecule has 0 radical (unpaired) electrons. The topological polar surface area (TPSA) is 128 Å². The normalized spacial score (nSPS) is 13.8. The highest BCUT2D eigenvalue weighted by Gasteiger charge is 2.27. The van der Waals surface area contributed by atoms with Crippen LogP contribution in [0.5, 0.6) is 0 Å². The fraction of sp³-hybridized carbons (Fsp3) is 0.333. The van der Waals surface area contributed by atoms with Gasteiger partial charge in [-0.1, -0.05) is 32.0 Å². The largest absolute Gasteiger partial charge is 0.362 e. The van der Waals surface area contributed by atoms with E-state index in [1.807, 2.05) is 29.2 Å². The maximum atomic E-state index is 12.7. The van der Waals surface area contributed by atoms with Gasteiger partial charge in [0, 0.05) is 43.5 Å². The van der Waals surface area contributed by atoms with E-state index >= 15 is 0 Å². The Labute approximate surface area is 179 Å². The van der Waals surface area contributed by atoms with Crippen molar-refractivity contribution in [1.82, 2.24) is 10.4 Å². The number of carbonyl (C=O) groups excluding carboxylic acids is 2. The van der Waals surface area contributed by atoms with E-state index in [0.29, 0.717) is 31.9 Å². The first-order chi connectivity index (χ1) is 14.8. The molecule has 10 heteroatoms. The Morgan fingerprint density at radius 3 is 2.39 bits per heavy atom. The molecule has 0 spiro atoms. The number of amides is 3. The first kappa shape index (κ1) is 22.0. The molecule has 0 unspecified atom stereocenters. The molecule has 10 nitrogen and oxygen atoms in total. The molecule has 1 aliphatic heterocycles. The maximum Gasteiger partial charge on any atom is 0.321 e. The molecule has 0 bridgehead atoms. The molecule has 3 N–H and O–H groups in total. The fourth-order valence-corrected chi connectivity index (χ4v) is 3.60. The third kappa shape index (κ3) is 4.92. The van der Waals surface area contributed by atoms with E-state index in [1.165, 1.54) is 17.6 Å². The third-order valence-electron chi connectivity index (χ3n) is 5.27. The van der Waals surface area contributed by atoms with Crippen LogP contribution in [0.25, 0.3) is 0 Å². The summed E-state index contributed by atoms with van der Waals surface area (Å²) in [4.78, 5) is 38.7. The fourth-order valence-electron chi connectivity index (χ4n) is 3.60. The van der Waals surface area contributed by atoms with Crippen molar-refractivity contribution >= 4 is 29.0 Å². The van der Waals surface area contributed by atoms with Crippen molar-refractivity contribution in [3.05, 3.63) is 63.7 Å². The second-order valence-corrected chi connectivity index (χ2v) is 7.55. The lowest BCUT2D eigenvalue weighted by Crippen LogP contribution is -2.50. The lowest BCUT2D eigenvalue weighted by atomic mass is 10.0. The first-order valence-electron chi connectivity index (χ1n) is 9.94. The summed E-state index contributed by atoms with van der Waals surface area (Å²) in [5, 5.41) is 23.2. The second kappa shape index (κ2) is 9.43. The van der Waals surface area contributed by atoms with Gasteiger partial charge in [-0.3, -0.25) is 20.1 Å². The number of hydroxylamine groups is 1. The molecule has 0 saturated carbocycles. The molecular weight excluding hydrogens is 402 g/mol. The van der Waals surface area contributed by atoms with Crippen LogP contribution in [-0.2, 0) is 0 Å². The highest BCUT2D eigenvalue weighted by atomic mass is 16.6. The van der Waals surface area contributed by atoms with Crippen molar-refractivity contribution in [2.75, 3.05) is 36.4 Å². The van der Waals surface area contributed by atoms with E-state index < -0.39 is 10.8 Å². The van der Waals surface area contributed by atoms with Crippen molar-refractivity contribution in [3.63, 3.8) is 0 Å². The minimum Gasteiger partial charge on any atom is -0.362 e. The maximum absolute atomic E-state index is 12.7. The lowest BCUT2D eigenvalue weighted by molar-refractivity contribution is -0.384. The number of anilines is 2. The SMILES string of the molecule is CC(C)c1ccccc1NC(=O)N1CCN(c2ccc(C(=O)NO)cc2[N+](=O)[O-])CC1. The summed E-state index contributed by atoms with van der Waals surface area (Å²) in [6.45, 7) is 5.73. The predicted octanol–water partition coefficient (Wildman–Crippen LogP) is 3.19. The van der Waals surface area contributed by atoms with Gasteiger partial charge in [0.25, 0.3) is 11.6 Å². The Morgan fingerprint density at radius 1 is 1.10 bits per heavy atom. The minimum absolute atomic E-state index is 0.0141. The molecule has 1 aliphatic rings. The molecular formula is C21H25N5O5. The van der Waals surface area contributed by atoms with E-state index in [2.05, 4.69) is 19.2 Å². The van der Waals surface area contributed by atoms with Crippen LogP contribution in [0.2, 0.25) is 0 Å². The van der Waals surface area contributed by atoms with Crippen LogP contribution in [0, 0.1) is 10.1 Å². The van der Waals surface area contributed by atoms with E-state index in [0.717, 1.165) is 17.3 Å². The lowest BCUT2D eigenvalue weighted by Gasteiger charge is -2.36. The zero-order chi connectivity index (χ0) is 22.5. The molecule has 0 aromatic heterocycles. The van der Waals surface area contributed by atoms with Crippen LogP contribution in [-0.4, -0.2) is 53.1 Å². The number of nitrogens with one attached hydrogen (secondary N) is 2. The summed E-state index contributed by atoms with van der Waals surface area (Å²) < 4.78 is 0. The number of nitro benzene ring substituents is 1. The quantitative estimate of drug-likeness (QED) is 0.382. The summed E-state index contributed by atoms with van der Waals surface area (Å²) in [6, 6.07) is 11.5. The first-order valence-corrected chi connectivity index (χ1v) is 9.94. The van der Waals surface area contributed by atoms with E-state index in [9.17, 15) is 19.7 Å². The van der Waals surface area contributed by atoms with E-state index in [1.54, 1.807) is 4.90 Å². The zero-order valence-electron chi connectivity index (χ0n) is 17.4. The van der Waals surface area contributed by atoms with Crippen LogP contribution in [0.4, 0.5) is 21.9 Å². The number of nitro groups is 1. The summed E-state index contributed by atoms with van der Waals surface area (Å²) in [6.07, 6.45) is 0. The minimum atomic E-state index is -0.821. The van der Waals surface area contributed by atoms with Gasteiger partial charge in [-0.25, -0.2) is 10.3 Å². The monoisotopic (exact) mass is 427 g/mol. The summed E-state index contributed by atoms with van der Waals surface area (Å²) >= 11 is 0. The average molecular weight is 427 g/mol. The Hall–Kier alpha value is -3.66. The highest BCUT2D eigenvalue weighted by molar-refractivity contribution is 5.95. The molecule has 0 aliphatic carbocycles. The van der Waals surface area contributed by atoms with Crippen molar-refractivity contribution in [1.29, 1.82) is 0 Å². The Morgan fingerprint density at radius 2 is 1.77 bits per heavy atom. The molecule has 164 valence electrons. The predicted molar refractivity (Wildman–Crippen MR) is 116 cm³/mol. The molecule has 1 heterocycles. The molecule has 0 atom stereocenters. The van der Waals surface area contributed by atoms with Crippen molar-refractivity contribution in [2.45, 2.75) is 19.8 Å². The molecule has 2 aromatic carbocycles. The second-order valence-electron chi connectivity index (χ2n) is 7.55. The van der Waals surface area contributed by atoms with Crippen molar-refractivity contribution in [2.24, 2.45) is 0 Å². The Bertz CT molecular complexity index is 986. The van der Waals surface area contributed by atoms with E-state index in [4.69, 9.17) is 5.21 Å². The number of para-hydroxylation sites is 1. The highest BCUT2D eigenvalue weighted by Crippen LogP contribution is 2.30. The standard InChI is InChI=1S/C21H25N5O5/c1-14(2)16-5-3-4-6-17(16)22-21(28)25-11-9-24(10-12-25)18-8-7-15(20(27)23-29)13-19(18)26(30)31/h3-8,13-14,29H,9-12H2,1-2H3,(H,22,28)(H,23,27). The molecule has 31 heavy (non-hydrogen) atoms. The smallest absolute Gasteiger partial charge is 0.321 e. The summed E-state index contributed by atoms with van der Waals surface area (Å²) in [5.74, 6) is -0.553. The number of hydrogen-bond donors (Lipinski definition) is 3. The van der Waals surface area contributed by atoms with E-state index in [-0.39, 0.29) is 23.2 Å². The molecule has 3 amide bonds. The number of carbonyl (C=O) groups is 2. The van der Waals surface area contributed by atoms with Gasteiger partial charge in [-0.05, 0) is 29.7 Å². The van der Waals surface area contributed by atoms with Crippen LogP contribution < -0.4 is 15.7 Å². The van der Waals surface area contributed by atoms with Crippen LogP contribution >= 0.6 is 0 Å². The molecule has 1 saturated heterocycles. The van der Waals surface area contributed by atoms with Gasteiger partial charge >= 0.3 is 6.03 Å². The number of piperazine rings is 1. The molecule has 2 aromatic rings. The van der Waals surface area contributed by atoms with Gasteiger partial charge in [0.2, 0.25) is 0 Å². The van der Waals surface area contributed by atoms with Crippen LogP contribution in [0.3, 0.4) is 0 Å². The van der Waals surface area contributed by atoms with Crippen LogP contribution in [0.1, 0.15) is 35.7 Å². The number of urea groups is 1. The van der Waals surface area contributed by atoms with Gasteiger partial charge in [0.05, 0.1) is 4.92 Å². The summed E-state index contributed by atoms with van der Waals surface area (Å²) in [7, 11) is 0. The van der Waals surface area contributed by atoms with Gasteiger partial charge in [0.1, 0.15) is 5.69 Å². The van der Waals surface area contributed by atoms with Gasteiger partial charge in [-0.2, -0.15) is 0 Å².